The van der Waals surface area contributed by atoms with Gasteiger partial charge in [-0.25, -0.2) is 0 Å². The second-order valence-corrected chi connectivity index (χ2v) is 6.10. The summed E-state index contributed by atoms with van der Waals surface area (Å²) in [6.07, 6.45) is 3.82. The minimum atomic E-state index is 0.671. The van der Waals surface area contributed by atoms with Crippen molar-refractivity contribution < 1.29 is 0 Å². The molecule has 2 heteroatoms. The van der Waals surface area contributed by atoms with Crippen LogP contribution >= 0.6 is 0 Å². The lowest BCUT2D eigenvalue weighted by molar-refractivity contribution is 0.602. The first-order valence-electron chi connectivity index (χ1n) is 7.36. The number of hydrogen-bond donors (Lipinski definition) is 1. The largest absolute Gasteiger partial charge is 0.347 e. The Kier molecular flexibility index (Phi) is 3.14. The summed E-state index contributed by atoms with van der Waals surface area (Å²) >= 11 is 0. The molecule has 102 valence electrons. The van der Waals surface area contributed by atoms with Crippen LogP contribution in [0.15, 0.2) is 12.1 Å². The van der Waals surface area contributed by atoms with Crippen LogP contribution < -0.4 is 5.32 Å². The Hall–Kier alpha value is -1.28. The predicted molar refractivity (Wildman–Crippen MR) is 81.9 cm³/mol. The summed E-state index contributed by atoms with van der Waals surface area (Å²) in [7, 11) is 2.20. The predicted octanol–water partition coefficient (Wildman–Crippen LogP) is 3.40. The fourth-order valence-corrected chi connectivity index (χ4v) is 3.64. The molecule has 1 atom stereocenters. The molecule has 1 N–H and O–H groups in total. The molecular weight excluding hydrogens is 232 g/mol. The van der Waals surface area contributed by atoms with Crippen molar-refractivity contribution in [1.82, 2.24) is 9.88 Å². The molecule has 1 unspecified atom stereocenters. The normalized spacial score (nSPS) is 19.5. The van der Waals surface area contributed by atoms with Crippen molar-refractivity contribution in [3.8, 4) is 0 Å². The Balaban J connectivity index is 2.14. The summed E-state index contributed by atoms with van der Waals surface area (Å²) in [5.41, 5.74) is 7.15. The van der Waals surface area contributed by atoms with Gasteiger partial charge in [-0.1, -0.05) is 11.6 Å². The number of aryl methyl sites for hydroxylation is 3. The second kappa shape index (κ2) is 4.68. The molecule has 0 bridgehead atoms. The molecule has 1 aromatic heterocycles. The molecule has 1 fully saturated rings. The van der Waals surface area contributed by atoms with Crippen LogP contribution in [-0.2, 0) is 13.5 Å². The van der Waals surface area contributed by atoms with Crippen molar-refractivity contribution in [1.29, 1.82) is 0 Å². The van der Waals surface area contributed by atoms with E-state index in [0.717, 1.165) is 0 Å². The lowest BCUT2D eigenvalue weighted by atomic mass is 9.99. The van der Waals surface area contributed by atoms with E-state index >= 15 is 0 Å². The van der Waals surface area contributed by atoms with Gasteiger partial charge in [-0.05, 0) is 63.8 Å². The van der Waals surface area contributed by atoms with Gasteiger partial charge in [0.25, 0.3) is 0 Å². The zero-order chi connectivity index (χ0) is 13.6. The van der Waals surface area contributed by atoms with Crippen LogP contribution in [0.3, 0.4) is 0 Å². The molecule has 1 aromatic carbocycles. The monoisotopic (exact) mass is 256 g/mol. The SMILES string of the molecule is Cc1cc(C)c2c(c1)c(CC1CCCN1)c(C)n2C. The van der Waals surface area contributed by atoms with Gasteiger partial charge in [-0.3, -0.25) is 0 Å². The molecule has 19 heavy (non-hydrogen) atoms. The second-order valence-electron chi connectivity index (χ2n) is 6.10. The van der Waals surface area contributed by atoms with Gasteiger partial charge in [0, 0.05) is 24.2 Å². The van der Waals surface area contributed by atoms with E-state index in [1.54, 1.807) is 5.56 Å². The van der Waals surface area contributed by atoms with Gasteiger partial charge in [0.1, 0.15) is 0 Å². The molecule has 1 aliphatic rings. The summed E-state index contributed by atoms with van der Waals surface area (Å²) in [6, 6.07) is 5.32. The topological polar surface area (TPSA) is 17.0 Å². The van der Waals surface area contributed by atoms with Crippen LogP contribution in [0, 0.1) is 20.8 Å². The van der Waals surface area contributed by atoms with E-state index in [0.29, 0.717) is 6.04 Å². The lowest BCUT2D eigenvalue weighted by Gasteiger charge is -2.10. The van der Waals surface area contributed by atoms with E-state index in [2.05, 4.69) is 49.8 Å². The van der Waals surface area contributed by atoms with E-state index < -0.39 is 0 Å². The van der Waals surface area contributed by atoms with E-state index in [-0.39, 0.29) is 0 Å². The maximum Gasteiger partial charge on any atom is 0.0512 e. The summed E-state index contributed by atoms with van der Waals surface area (Å²) in [5, 5.41) is 5.09. The minimum Gasteiger partial charge on any atom is -0.347 e. The number of fused-ring (bicyclic) bond motifs is 1. The van der Waals surface area contributed by atoms with Crippen molar-refractivity contribution in [3.05, 3.63) is 34.5 Å². The number of nitrogens with one attached hydrogen (secondary N) is 1. The first-order valence-corrected chi connectivity index (χ1v) is 7.36. The maximum atomic E-state index is 3.63. The highest BCUT2D eigenvalue weighted by Gasteiger charge is 2.20. The molecule has 1 saturated heterocycles. The highest BCUT2D eigenvalue weighted by atomic mass is 15.0. The first-order chi connectivity index (χ1) is 9.08. The van der Waals surface area contributed by atoms with Crippen LogP contribution in [0.25, 0.3) is 10.9 Å². The summed E-state index contributed by atoms with van der Waals surface area (Å²) in [6.45, 7) is 7.88. The first kappa shape index (κ1) is 12.7. The third kappa shape index (κ3) is 2.08. The van der Waals surface area contributed by atoms with Crippen LogP contribution in [0.1, 0.15) is 35.2 Å². The molecule has 0 amide bonds. The molecule has 0 radical (unpaired) electrons. The van der Waals surface area contributed by atoms with Crippen molar-refractivity contribution in [3.63, 3.8) is 0 Å². The maximum absolute atomic E-state index is 3.63. The van der Waals surface area contributed by atoms with Crippen molar-refractivity contribution in [2.75, 3.05) is 6.54 Å². The Morgan fingerprint density at radius 2 is 2.05 bits per heavy atom. The molecular formula is C17H24N2. The minimum absolute atomic E-state index is 0.671. The van der Waals surface area contributed by atoms with Crippen LogP contribution in [0.4, 0.5) is 0 Å². The third-order valence-electron chi connectivity index (χ3n) is 4.66. The molecule has 0 spiro atoms. The molecule has 0 saturated carbocycles. The standard InChI is InChI=1S/C17H24N2/c1-11-8-12(2)17-16(9-11)15(13(3)19(17)4)10-14-6-5-7-18-14/h8-9,14,18H,5-7,10H2,1-4H3. The Morgan fingerprint density at radius 3 is 2.74 bits per heavy atom. The highest BCUT2D eigenvalue weighted by molar-refractivity contribution is 5.88. The zero-order valence-corrected chi connectivity index (χ0v) is 12.5. The van der Waals surface area contributed by atoms with E-state index in [4.69, 9.17) is 0 Å². The van der Waals surface area contributed by atoms with Gasteiger partial charge in [0.15, 0.2) is 0 Å². The van der Waals surface area contributed by atoms with Crippen LogP contribution in [0.2, 0.25) is 0 Å². The smallest absolute Gasteiger partial charge is 0.0512 e. The van der Waals surface area contributed by atoms with Crippen LogP contribution in [-0.4, -0.2) is 17.2 Å². The highest BCUT2D eigenvalue weighted by Crippen LogP contribution is 2.30. The fourth-order valence-electron chi connectivity index (χ4n) is 3.64. The summed E-state index contributed by atoms with van der Waals surface area (Å²) < 4.78 is 2.37. The summed E-state index contributed by atoms with van der Waals surface area (Å²) in [5.74, 6) is 0. The van der Waals surface area contributed by atoms with Crippen molar-refractivity contribution in [2.24, 2.45) is 7.05 Å². The molecule has 0 aliphatic carbocycles. The number of benzene rings is 1. The van der Waals surface area contributed by atoms with Gasteiger partial charge in [0.05, 0.1) is 5.52 Å². The van der Waals surface area contributed by atoms with Crippen LogP contribution in [0.5, 0.6) is 0 Å². The molecule has 3 rings (SSSR count). The quantitative estimate of drug-likeness (QED) is 0.871. The van der Waals surface area contributed by atoms with E-state index in [9.17, 15) is 0 Å². The van der Waals surface area contributed by atoms with E-state index in [1.165, 1.54) is 53.5 Å². The molecule has 2 heterocycles. The molecule has 2 aromatic rings. The van der Waals surface area contributed by atoms with Crippen molar-refractivity contribution >= 4 is 10.9 Å². The number of aromatic nitrogens is 1. The number of hydrogen-bond acceptors (Lipinski definition) is 1. The Bertz CT molecular complexity index is 616. The molecule has 1 aliphatic heterocycles. The van der Waals surface area contributed by atoms with Gasteiger partial charge in [0.2, 0.25) is 0 Å². The Morgan fingerprint density at radius 1 is 1.26 bits per heavy atom. The molecule has 2 nitrogen and oxygen atoms in total. The Labute approximate surface area is 115 Å². The van der Waals surface area contributed by atoms with Crippen molar-refractivity contribution in [2.45, 2.75) is 46.1 Å². The van der Waals surface area contributed by atoms with E-state index in [1.807, 2.05) is 0 Å². The number of rotatable bonds is 2. The zero-order valence-electron chi connectivity index (χ0n) is 12.5. The van der Waals surface area contributed by atoms with Gasteiger partial charge in [-0.2, -0.15) is 0 Å². The lowest BCUT2D eigenvalue weighted by Crippen LogP contribution is -2.23. The number of nitrogens with zero attached hydrogens (tertiary/aromatic N) is 1. The summed E-state index contributed by atoms with van der Waals surface area (Å²) in [4.78, 5) is 0. The van der Waals surface area contributed by atoms with Gasteiger partial charge in [-0.15, -0.1) is 0 Å². The average Bonchev–Trinajstić information content (AvgIpc) is 2.93. The fraction of sp³-hybridized carbons (Fsp3) is 0.529. The van der Waals surface area contributed by atoms with Gasteiger partial charge < -0.3 is 9.88 Å². The average molecular weight is 256 g/mol. The van der Waals surface area contributed by atoms with Gasteiger partial charge >= 0.3 is 0 Å². The third-order valence-corrected chi connectivity index (χ3v) is 4.66.